The summed E-state index contributed by atoms with van der Waals surface area (Å²) in [5.74, 6) is -0.431. The smallest absolute Gasteiger partial charge is 0.263 e. The first-order valence-corrected chi connectivity index (χ1v) is 8.66. The van der Waals surface area contributed by atoms with Gasteiger partial charge in [0, 0.05) is 23.2 Å². The van der Waals surface area contributed by atoms with Crippen LogP contribution in [0.3, 0.4) is 0 Å². The number of sulfonamides is 1. The van der Waals surface area contributed by atoms with E-state index in [2.05, 4.69) is 15.0 Å². The van der Waals surface area contributed by atoms with Gasteiger partial charge in [0.25, 0.3) is 10.0 Å². The lowest BCUT2D eigenvalue weighted by Gasteiger charge is -2.09. The normalized spacial score (nSPS) is 11.6. The molecule has 0 spiro atoms. The molecule has 0 fully saturated rings. The Bertz CT molecular complexity index is 729. The van der Waals surface area contributed by atoms with Crippen LogP contribution in [-0.4, -0.2) is 19.9 Å². The second-order valence-electron chi connectivity index (χ2n) is 4.42. The summed E-state index contributed by atoms with van der Waals surface area (Å²) in [6, 6.07) is 3.74. The number of thiazole rings is 1. The van der Waals surface area contributed by atoms with Gasteiger partial charge >= 0.3 is 0 Å². The average molecular weight is 329 g/mol. The largest absolute Gasteiger partial charge is 0.313 e. The molecule has 0 radical (unpaired) electrons. The molecule has 8 heteroatoms. The van der Waals surface area contributed by atoms with E-state index in [1.807, 2.05) is 13.8 Å². The van der Waals surface area contributed by atoms with Crippen LogP contribution in [0.1, 0.15) is 17.4 Å². The quantitative estimate of drug-likeness (QED) is 0.854. The highest BCUT2D eigenvalue weighted by molar-refractivity contribution is 7.93. The molecule has 2 N–H and O–H groups in total. The molecule has 5 nitrogen and oxygen atoms in total. The highest BCUT2D eigenvalue weighted by Crippen LogP contribution is 2.22. The van der Waals surface area contributed by atoms with Crippen molar-refractivity contribution in [1.29, 1.82) is 0 Å². The lowest BCUT2D eigenvalue weighted by Crippen LogP contribution is -2.16. The topological polar surface area (TPSA) is 71.1 Å². The van der Waals surface area contributed by atoms with E-state index >= 15 is 0 Å². The van der Waals surface area contributed by atoms with E-state index < -0.39 is 15.8 Å². The van der Waals surface area contributed by atoms with Crippen LogP contribution in [0.4, 0.5) is 9.52 Å². The molecule has 0 unspecified atom stereocenters. The first kappa shape index (κ1) is 15.9. The zero-order valence-electron chi connectivity index (χ0n) is 11.7. The number of anilines is 1. The van der Waals surface area contributed by atoms with Crippen molar-refractivity contribution in [3.63, 3.8) is 0 Å². The third-order valence-electron chi connectivity index (χ3n) is 2.74. The van der Waals surface area contributed by atoms with Crippen molar-refractivity contribution in [3.05, 3.63) is 40.7 Å². The van der Waals surface area contributed by atoms with Gasteiger partial charge in [0.15, 0.2) is 5.13 Å². The number of aryl methyl sites for hydroxylation is 1. The summed E-state index contributed by atoms with van der Waals surface area (Å²) in [5.41, 5.74) is 0.315. The Labute approximate surface area is 127 Å². The number of benzene rings is 1. The van der Waals surface area contributed by atoms with Crippen LogP contribution in [0.15, 0.2) is 29.3 Å². The Morgan fingerprint density at radius 3 is 2.76 bits per heavy atom. The molecule has 0 amide bonds. The van der Waals surface area contributed by atoms with Crippen LogP contribution < -0.4 is 10.0 Å². The molecule has 114 valence electrons. The lowest BCUT2D eigenvalue weighted by atomic mass is 10.2. The molecule has 1 heterocycles. The minimum atomic E-state index is -3.76. The van der Waals surface area contributed by atoms with Gasteiger partial charge < -0.3 is 5.32 Å². The van der Waals surface area contributed by atoms with Crippen molar-refractivity contribution in [3.8, 4) is 0 Å². The maximum absolute atomic E-state index is 13.6. The van der Waals surface area contributed by atoms with Crippen molar-refractivity contribution >= 4 is 26.5 Å². The fourth-order valence-corrected chi connectivity index (χ4v) is 3.65. The molecule has 2 rings (SSSR count). The number of nitrogens with zero attached hydrogens (tertiary/aromatic N) is 1. The first-order chi connectivity index (χ1) is 9.92. The molecular weight excluding hydrogens is 313 g/mol. The Morgan fingerprint density at radius 2 is 2.14 bits per heavy atom. The molecule has 0 saturated heterocycles. The van der Waals surface area contributed by atoms with Crippen molar-refractivity contribution < 1.29 is 12.8 Å². The summed E-state index contributed by atoms with van der Waals surface area (Å²) in [6.07, 6.45) is 1.59. The van der Waals surface area contributed by atoms with Crippen LogP contribution in [-0.2, 0) is 16.6 Å². The standard InChI is InChI=1S/C13H16FN3O2S2/c1-3-15-8-10-6-11(4-5-12(10)14)21(18,19)17-13-16-7-9(2)20-13/h4-7,15H,3,8H2,1-2H3,(H,16,17). The average Bonchev–Trinajstić information content (AvgIpc) is 2.82. The van der Waals surface area contributed by atoms with Gasteiger partial charge in [-0.15, -0.1) is 11.3 Å². The van der Waals surface area contributed by atoms with E-state index in [1.165, 1.54) is 23.5 Å². The third kappa shape index (κ3) is 3.99. The number of aromatic nitrogens is 1. The second-order valence-corrected chi connectivity index (χ2v) is 7.33. The Morgan fingerprint density at radius 1 is 1.38 bits per heavy atom. The lowest BCUT2D eigenvalue weighted by molar-refractivity contribution is 0.587. The molecule has 0 aliphatic rings. The Balaban J connectivity index is 2.27. The predicted molar refractivity (Wildman–Crippen MR) is 81.4 cm³/mol. The molecule has 0 aliphatic heterocycles. The second kappa shape index (κ2) is 6.50. The highest BCUT2D eigenvalue weighted by Gasteiger charge is 2.17. The van der Waals surface area contributed by atoms with Gasteiger partial charge in [0.05, 0.1) is 4.90 Å². The van der Waals surface area contributed by atoms with Gasteiger partial charge in [0.1, 0.15) is 5.82 Å². The summed E-state index contributed by atoms with van der Waals surface area (Å²) < 4.78 is 40.6. The predicted octanol–water partition coefficient (Wildman–Crippen LogP) is 2.50. The fourth-order valence-electron chi connectivity index (χ4n) is 1.69. The van der Waals surface area contributed by atoms with Gasteiger partial charge in [-0.1, -0.05) is 6.92 Å². The minimum Gasteiger partial charge on any atom is -0.313 e. The molecule has 0 aliphatic carbocycles. The van der Waals surface area contributed by atoms with E-state index in [-0.39, 0.29) is 11.4 Å². The van der Waals surface area contributed by atoms with Crippen molar-refractivity contribution in [2.45, 2.75) is 25.3 Å². The molecule has 2 aromatic rings. The highest BCUT2D eigenvalue weighted by atomic mass is 32.2. The Kier molecular flexibility index (Phi) is 4.92. The zero-order valence-corrected chi connectivity index (χ0v) is 13.3. The maximum Gasteiger partial charge on any atom is 0.263 e. The number of hydrogen-bond acceptors (Lipinski definition) is 5. The summed E-state index contributed by atoms with van der Waals surface area (Å²) in [6.45, 7) is 4.68. The summed E-state index contributed by atoms with van der Waals surface area (Å²) in [4.78, 5) is 4.88. The van der Waals surface area contributed by atoms with Gasteiger partial charge in [-0.25, -0.2) is 17.8 Å². The number of hydrogen-bond donors (Lipinski definition) is 2. The van der Waals surface area contributed by atoms with Crippen LogP contribution in [0.25, 0.3) is 0 Å². The first-order valence-electron chi connectivity index (χ1n) is 6.37. The summed E-state index contributed by atoms with van der Waals surface area (Å²) in [5, 5.41) is 3.27. The van der Waals surface area contributed by atoms with Crippen molar-refractivity contribution in [1.82, 2.24) is 10.3 Å². The molecule has 0 atom stereocenters. The number of rotatable bonds is 6. The molecular formula is C13H16FN3O2S2. The van der Waals surface area contributed by atoms with Gasteiger partial charge in [-0.05, 0) is 31.7 Å². The van der Waals surface area contributed by atoms with E-state index in [1.54, 1.807) is 6.20 Å². The summed E-state index contributed by atoms with van der Waals surface area (Å²) in [7, 11) is -3.76. The third-order valence-corrected chi connectivity index (χ3v) is 5.03. The summed E-state index contributed by atoms with van der Waals surface area (Å²) >= 11 is 1.24. The van der Waals surface area contributed by atoms with Crippen LogP contribution in [0.5, 0.6) is 0 Å². The molecule has 21 heavy (non-hydrogen) atoms. The molecule has 0 bridgehead atoms. The van der Waals surface area contributed by atoms with Crippen LogP contribution >= 0.6 is 11.3 Å². The van der Waals surface area contributed by atoms with E-state index in [0.717, 1.165) is 10.9 Å². The molecule has 1 aromatic heterocycles. The van der Waals surface area contributed by atoms with Crippen LogP contribution in [0.2, 0.25) is 0 Å². The monoisotopic (exact) mass is 329 g/mol. The van der Waals surface area contributed by atoms with Crippen molar-refractivity contribution in [2.24, 2.45) is 0 Å². The van der Waals surface area contributed by atoms with E-state index in [4.69, 9.17) is 0 Å². The SMILES string of the molecule is CCNCc1cc(S(=O)(=O)Nc2ncc(C)s2)ccc1F. The fraction of sp³-hybridized carbons (Fsp3) is 0.308. The van der Waals surface area contributed by atoms with E-state index in [0.29, 0.717) is 17.2 Å². The number of nitrogens with one attached hydrogen (secondary N) is 2. The van der Waals surface area contributed by atoms with Crippen LogP contribution in [0, 0.1) is 12.7 Å². The maximum atomic E-state index is 13.6. The van der Waals surface area contributed by atoms with E-state index in [9.17, 15) is 12.8 Å². The van der Waals surface area contributed by atoms with Gasteiger partial charge in [0.2, 0.25) is 0 Å². The number of halogens is 1. The van der Waals surface area contributed by atoms with Crippen molar-refractivity contribution in [2.75, 3.05) is 11.3 Å². The zero-order chi connectivity index (χ0) is 15.5. The Hall–Kier alpha value is -1.51. The van der Waals surface area contributed by atoms with Gasteiger partial charge in [-0.2, -0.15) is 0 Å². The van der Waals surface area contributed by atoms with Gasteiger partial charge in [-0.3, -0.25) is 4.72 Å². The molecule has 1 aromatic carbocycles. The minimum absolute atomic E-state index is 0.0182. The molecule has 0 saturated carbocycles.